The molecular formula is C19H18Cl3N3OS. The zero-order valence-corrected chi connectivity index (χ0v) is 17.9. The van der Waals surface area contributed by atoms with Gasteiger partial charge in [-0.2, -0.15) is 0 Å². The highest BCUT2D eigenvalue weighted by atomic mass is 35.5. The quantitative estimate of drug-likeness (QED) is 0.382. The van der Waals surface area contributed by atoms with Crippen LogP contribution in [0.4, 0.5) is 0 Å². The van der Waals surface area contributed by atoms with Gasteiger partial charge in [0.2, 0.25) is 0 Å². The minimum absolute atomic E-state index is 0.296. The summed E-state index contributed by atoms with van der Waals surface area (Å²) < 4.78 is 8.01. The monoisotopic (exact) mass is 441 g/mol. The fourth-order valence-corrected chi connectivity index (χ4v) is 4.53. The lowest BCUT2D eigenvalue weighted by Gasteiger charge is -2.16. The van der Waals surface area contributed by atoms with Crippen LogP contribution in [0.2, 0.25) is 15.1 Å². The van der Waals surface area contributed by atoms with E-state index in [9.17, 15) is 0 Å². The molecule has 1 unspecified atom stereocenters. The highest BCUT2D eigenvalue weighted by molar-refractivity contribution is 7.98. The Labute approximate surface area is 177 Å². The molecule has 1 heterocycles. The van der Waals surface area contributed by atoms with Crippen LogP contribution < -0.4 is 4.74 Å². The molecule has 0 radical (unpaired) electrons. The Balaban J connectivity index is 1.77. The molecule has 0 saturated heterocycles. The Morgan fingerprint density at radius 3 is 2.33 bits per heavy atom. The second kappa shape index (κ2) is 9.20. The molecule has 142 valence electrons. The fourth-order valence-electron chi connectivity index (χ4n) is 2.60. The number of halogens is 3. The maximum absolute atomic E-state index is 6.26. The number of rotatable bonds is 7. The molecular weight excluding hydrogens is 425 g/mol. The van der Waals surface area contributed by atoms with Gasteiger partial charge in [0.05, 0.1) is 5.02 Å². The molecule has 2 aromatic carbocycles. The van der Waals surface area contributed by atoms with Gasteiger partial charge in [0.15, 0.2) is 17.1 Å². The van der Waals surface area contributed by atoms with E-state index in [2.05, 4.69) is 10.2 Å². The van der Waals surface area contributed by atoms with Crippen LogP contribution in [0.5, 0.6) is 5.75 Å². The van der Waals surface area contributed by atoms with E-state index in [0.29, 0.717) is 26.6 Å². The predicted octanol–water partition coefficient (Wildman–Crippen LogP) is 6.69. The summed E-state index contributed by atoms with van der Waals surface area (Å²) in [5.41, 5.74) is 0.887. The number of ether oxygens (including phenoxy) is 1. The zero-order chi connectivity index (χ0) is 19.4. The van der Waals surface area contributed by atoms with Gasteiger partial charge in [-0.25, -0.2) is 0 Å². The van der Waals surface area contributed by atoms with Crippen molar-refractivity contribution in [3.63, 3.8) is 0 Å². The topological polar surface area (TPSA) is 39.9 Å². The van der Waals surface area contributed by atoms with Crippen LogP contribution in [0, 0.1) is 0 Å². The first-order chi connectivity index (χ1) is 13.0. The number of para-hydroxylation sites is 1. The standard InChI is InChI=1S/C19H18Cl3N3OS/c1-3-25-18(12(2)26-17-10-5-4-7-16(17)22)23-24-19(25)27-11-13-14(20)8-6-9-15(13)21/h4-10,12H,3,11H2,1-2H3. The molecule has 3 aromatic rings. The number of benzene rings is 2. The van der Waals surface area contributed by atoms with E-state index >= 15 is 0 Å². The summed E-state index contributed by atoms with van der Waals surface area (Å²) in [5.74, 6) is 1.97. The molecule has 4 nitrogen and oxygen atoms in total. The molecule has 0 N–H and O–H groups in total. The molecule has 0 spiro atoms. The molecule has 1 aromatic heterocycles. The highest BCUT2D eigenvalue weighted by Crippen LogP contribution is 2.33. The van der Waals surface area contributed by atoms with E-state index in [4.69, 9.17) is 39.5 Å². The van der Waals surface area contributed by atoms with Gasteiger partial charge in [0.1, 0.15) is 5.75 Å². The molecule has 0 saturated carbocycles. The third-order valence-corrected chi connectivity index (χ3v) is 5.99. The van der Waals surface area contributed by atoms with Crippen LogP contribution in [0.3, 0.4) is 0 Å². The summed E-state index contributed by atoms with van der Waals surface area (Å²) >= 11 is 20.2. The van der Waals surface area contributed by atoms with Crippen molar-refractivity contribution in [1.82, 2.24) is 14.8 Å². The zero-order valence-electron chi connectivity index (χ0n) is 14.8. The Kier molecular flexibility index (Phi) is 6.93. The lowest BCUT2D eigenvalue weighted by atomic mass is 10.2. The smallest absolute Gasteiger partial charge is 0.191 e. The molecule has 0 bridgehead atoms. The van der Waals surface area contributed by atoms with Crippen LogP contribution in [0.1, 0.15) is 31.3 Å². The van der Waals surface area contributed by atoms with Crippen molar-refractivity contribution in [2.75, 3.05) is 0 Å². The van der Waals surface area contributed by atoms with Gasteiger partial charge < -0.3 is 9.30 Å². The summed E-state index contributed by atoms with van der Waals surface area (Å²) in [4.78, 5) is 0. The number of thioether (sulfide) groups is 1. The SMILES string of the molecule is CCn1c(SCc2c(Cl)cccc2Cl)nnc1C(C)Oc1ccccc1Cl. The third kappa shape index (κ3) is 4.72. The van der Waals surface area contributed by atoms with E-state index in [1.165, 1.54) is 11.8 Å². The second-order valence-electron chi connectivity index (χ2n) is 5.76. The number of hydrogen-bond acceptors (Lipinski definition) is 4. The number of aromatic nitrogens is 3. The Morgan fingerprint density at radius 2 is 1.67 bits per heavy atom. The van der Waals surface area contributed by atoms with Gasteiger partial charge in [-0.15, -0.1) is 10.2 Å². The highest BCUT2D eigenvalue weighted by Gasteiger charge is 2.20. The van der Waals surface area contributed by atoms with E-state index in [0.717, 1.165) is 23.1 Å². The van der Waals surface area contributed by atoms with Crippen molar-refractivity contribution in [2.45, 2.75) is 37.4 Å². The minimum atomic E-state index is -0.296. The molecule has 0 amide bonds. The Hall–Kier alpha value is -1.40. The van der Waals surface area contributed by atoms with Gasteiger partial charge in [-0.3, -0.25) is 0 Å². The normalized spacial score (nSPS) is 12.2. The van der Waals surface area contributed by atoms with Gasteiger partial charge in [0, 0.05) is 22.3 Å². The van der Waals surface area contributed by atoms with Gasteiger partial charge >= 0.3 is 0 Å². The molecule has 0 aliphatic carbocycles. The summed E-state index contributed by atoms with van der Waals surface area (Å²) in [5, 5.41) is 11.3. The largest absolute Gasteiger partial charge is 0.481 e. The van der Waals surface area contributed by atoms with Crippen LogP contribution in [0.15, 0.2) is 47.6 Å². The Bertz CT molecular complexity index is 912. The first-order valence-corrected chi connectivity index (χ1v) is 10.5. The van der Waals surface area contributed by atoms with Crippen molar-refractivity contribution in [1.29, 1.82) is 0 Å². The van der Waals surface area contributed by atoms with Crippen LogP contribution >= 0.6 is 46.6 Å². The van der Waals surface area contributed by atoms with Crippen molar-refractivity contribution < 1.29 is 4.74 Å². The Morgan fingerprint density at radius 1 is 1.00 bits per heavy atom. The first kappa shape index (κ1) is 20.3. The summed E-state index contributed by atoms with van der Waals surface area (Å²) in [7, 11) is 0. The van der Waals surface area contributed by atoms with E-state index < -0.39 is 0 Å². The van der Waals surface area contributed by atoms with E-state index in [-0.39, 0.29) is 6.10 Å². The van der Waals surface area contributed by atoms with Crippen molar-refractivity contribution >= 4 is 46.6 Å². The maximum atomic E-state index is 6.26. The van der Waals surface area contributed by atoms with Gasteiger partial charge in [-0.1, -0.05) is 64.8 Å². The van der Waals surface area contributed by atoms with Crippen LogP contribution in [-0.4, -0.2) is 14.8 Å². The van der Waals surface area contributed by atoms with Crippen molar-refractivity contribution in [3.05, 3.63) is 68.9 Å². The minimum Gasteiger partial charge on any atom is -0.481 e. The molecule has 8 heteroatoms. The van der Waals surface area contributed by atoms with Crippen molar-refractivity contribution in [2.24, 2.45) is 0 Å². The number of hydrogen-bond donors (Lipinski definition) is 0. The van der Waals surface area contributed by atoms with E-state index in [1.807, 2.05) is 54.8 Å². The van der Waals surface area contributed by atoms with Gasteiger partial charge in [-0.05, 0) is 43.7 Å². The molecule has 0 fully saturated rings. The molecule has 27 heavy (non-hydrogen) atoms. The fraction of sp³-hybridized carbons (Fsp3) is 0.263. The molecule has 0 aliphatic rings. The van der Waals surface area contributed by atoms with E-state index in [1.54, 1.807) is 6.07 Å². The average molecular weight is 443 g/mol. The van der Waals surface area contributed by atoms with Crippen molar-refractivity contribution in [3.8, 4) is 5.75 Å². The lowest BCUT2D eigenvalue weighted by Crippen LogP contribution is -2.12. The summed E-state index contributed by atoms with van der Waals surface area (Å²) in [6.07, 6.45) is -0.296. The predicted molar refractivity (Wildman–Crippen MR) is 112 cm³/mol. The molecule has 3 rings (SSSR count). The van der Waals surface area contributed by atoms with Gasteiger partial charge in [0.25, 0.3) is 0 Å². The lowest BCUT2D eigenvalue weighted by molar-refractivity contribution is 0.210. The number of nitrogens with zero attached hydrogens (tertiary/aromatic N) is 3. The van der Waals surface area contributed by atoms with Crippen LogP contribution in [-0.2, 0) is 12.3 Å². The average Bonchev–Trinajstić information content (AvgIpc) is 3.06. The molecule has 0 aliphatic heterocycles. The first-order valence-electron chi connectivity index (χ1n) is 8.41. The second-order valence-corrected chi connectivity index (χ2v) is 7.93. The maximum Gasteiger partial charge on any atom is 0.191 e. The summed E-state index contributed by atoms with van der Waals surface area (Å²) in [6.45, 7) is 4.69. The van der Waals surface area contributed by atoms with Crippen LogP contribution in [0.25, 0.3) is 0 Å². The summed E-state index contributed by atoms with van der Waals surface area (Å²) in [6, 6.07) is 12.9. The third-order valence-electron chi connectivity index (χ3n) is 3.97. The molecule has 1 atom stereocenters.